The van der Waals surface area contributed by atoms with E-state index in [2.05, 4.69) is 35.2 Å². The Labute approximate surface area is 144 Å². The van der Waals surface area contributed by atoms with Gasteiger partial charge < -0.3 is 10.2 Å². The number of thiophene rings is 1. The number of para-hydroxylation sites is 1. The third-order valence-electron chi connectivity index (χ3n) is 4.56. The van der Waals surface area contributed by atoms with Crippen molar-refractivity contribution in [2.75, 3.05) is 23.3 Å². The minimum Gasteiger partial charge on any atom is -0.360 e. The molecule has 0 radical (unpaired) electrons. The highest BCUT2D eigenvalue weighted by Gasteiger charge is 2.24. The quantitative estimate of drug-likeness (QED) is 0.796. The first-order valence-corrected chi connectivity index (χ1v) is 8.79. The predicted octanol–water partition coefficient (Wildman–Crippen LogP) is 3.31. The minimum atomic E-state index is 0.0660. The fraction of sp³-hybridized carbons (Fsp3) is 0.278. The molecule has 4 rings (SSSR count). The van der Waals surface area contributed by atoms with Crippen LogP contribution in [0, 0.1) is 13.8 Å². The van der Waals surface area contributed by atoms with Crippen molar-refractivity contribution < 1.29 is 4.79 Å². The van der Waals surface area contributed by atoms with Gasteiger partial charge in [0.1, 0.15) is 17.0 Å². The highest BCUT2D eigenvalue weighted by molar-refractivity contribution is 7.18. The Morgan fingerprint density at radius 2 is 2.12 bits per heavy atom. The summed E-state index contributed by atoms with van der Waals surface area (Å²) in [7, 11) is 0. The number of benzene rings is 1. The molecule has 1 N–H and O–H groups in total. The minimum absolute atomic E-state index is 0.0660. The summed E-state index contributed by atoms with van der Waals surface area (Å²) in [6.07, 6.45) is 2.47. The van der Waals surface area contributed by atoms with E-state index in [0.29, 0.717) is 0 Å². The molecule has 3 aromatic rings. The van der Waals surface area contributed by atoms with Crippen LogP contribution in [0.1, 0.15) is 16.0 Å². The number of aromatic nitrogens is 2. The number of hydrogen-bond donors (Lipinski definition) is 1. The zero-order valence-electron chi connectivity index (χ0n) is 13.7. The van der Waals surface area contributed by atoms with Gasteiger partial charge in [0.25, 0.3) is 0 Å². The lowest BCUT2D eigenvalue weighted by Gasteiger charge is -2.18. The van der Waals surface area contributed by atoms with Crippen LogP contribution in [0.4, 0.5) is 11.5 Å². The molecule has 24 heavy (non-hydrogen) atoms. The van der Waals surface area contributed by atoms with Gasteiger partial charge in [0.05, 0.1) is 11.9 Å². The van der Waals surface area contributed by atoms with E-state index in [-0.39, 0.29) is 12.5 Å². The van der Waals surface area contributed by atoms with Gasteiger partial charge in [-0.05, 0) is 37.5 Å². The van der Waals surface area contributed by atoms with E-state index >= 15 is 0 Å². The van der Waals surface area contributed by atoms with Crippen molar-refractivity contribution in [1.29, 1.82) is 0 Å². The molecule has 0 bridgehead atoms. The predicted molar refractivity (Wildman–Crippen MR) is 97.9 cm³/mol. The van der Waals surface area contributed by atoms with Gasteiger partial charge in [0, 0.05) is 17.1 Å². The van der Waals surface area contributed by atoms with Gasteiger partial charge in [-0.3, -0.25) is 4.79 Å². The van der Waals surface area contributed by atoms with Gasteiger partial charge in [0.15, 0.2) is 0 Å². The molecule has 122 valence electrons. The van der Waals surface area contributed by atoms with Crippen molar-refractivity contribution in [3.05, 3.63) is 46.6 Å². The van der Waals surface area contributed by atoms with Crippen molar-refractivity contribution in [2.45, 2.75) is 20.3 Å². The monoisotopic (exact) mass is 338 g/mol. The first-order chi connectivity index (χ1) is 11.6. The van der Waals surface area contributed by atoms with Crippen LogP contribution in [-0.4, -0.2) is 29.0 Å². The normalized spacial score (nSPS) is 13.3. The van der Waals surface area contributed by atoms with Crippen LogP contribution in [0.2, 0.25) is 0 Å². The number of carbonyl (C=O) groups excluding carboxylic acids is 1. The lowest BCUT2D eigenvalue weighted by molar-refractivity contribution is -0.116. The van der Waals surface area contributed by atoms with Gasteiger partial charge >= 0.3 is 0 Å². The number of fused-ring (bicyclic) bond motifs is 2. The molecule has 5 nitrogen and oxygen atoms in total. The highest BCUT2D eigenvalue weighted by Crippen LogP contribution is 2.32. The maximum Gasteiger partial charge on any atom is 0.246 e. The average Bonchev–Trinajstić information content (AvgIpc) is 3.15. The zero-order valence-corrected chi connectivity index (χ0v) is 14.5. The van der Waals surface area contributed by atoms with Gasteiger partial charge in [-0.15, -0.1) is 11.3 Å². The van der Waals surface area contributed by atoms with E-state index in [1.165, 1.54) is 16.0 Å². The van der Waals surface area contributed by atoms with Crippen molar-refractivity contribution in [3.63, 3.8) is 0 Å². The van der Waals surface area contributed by atoms with Crippen LogP contribution < -0.4 is 10.2 Å². The van der Waals surface area contributed by atoms with E-state index in [1.54, 1.807) is 17.7 Å². The number of carbonyl (C=O) groups is 1. The van der Waals surface area contributed by atoms with Crippen molar-refractivity contribution in [1.82, 2.24) is 9.97 Å². The molecule has 6 heteroatoms. The van der Waals surface area contributed by atoms with Crippen LogP contribution in [-0.2, 0) is 11.2 Å². The van der Waals surface area contributed by atoms with Crippen molar-refractivity contribution in [3.8, 4) is 0 Å². The molecule has 0 aliphatic carbocycles. The largest absolute Gasteiger partial charge is 0.360 e. The summed E-state index contributed by atoms with van der Waals surface area (Å²) < 4.78 is 0. The van der Waals surface area contributed by atoms with E-state index in [9.17, 15) is 4.79 Å². The third-order valence-corrected chi connectivity index (χ3v) is 5.68. The number of hydrogen-bond acceptors (Lipinski definition) is 5. The average molecular weight is 338 g/mol. The molecule has 1 amide bonds. The summed E-state index contributed by atoms with van der Waals surface area (Å²) in [6, 6.07) is 8.09. The standard InChI is InChI=1S/C18H18N4OS/c1-11-12(2)24-18-16(11)17(20-10-21-18)19-9-15(23)22-8-7-13-5-3-4-6-14(13)22/h3-6,10H,7-9H2,1-2H3,(H,19,20,21). The Morgan fingerprint density at radius 1 is 1.29 bits per heavy atom. The van der Waals surface area contributed by atoms with Gasteiger partial charge in [0.2, 0.25) is 5.91 Å². The topological polar surface area (TPSA) is 58.1 Å². The smallest absolute Gasteiger partial charge is 0.246 e. The van der Waals surface area contributed by atoms with Crippen LogP contribution in [0.25, 0.3) is 10.2 Å². The number of rotatable bonds is 3. The van der Waals surface area contributed by atoms with Crippen molar-refractivity contribution in [2.24, 2.45) is 0 Å². The number of amides is 1. The number of nitrogens with one attached hydrogen (secondary N) is 1. The molecule has 1 aliphatic heterocycles. The Kier molecular flexibility index (Phi) is 3.69. The summed E-state index contributed by atoms with van der Waals surface area (Å²) in [6.45, 7) is 5.13. The van der Waals surface area contributed by atoms with Gasteiger partial charge in [-0.25, -0.2) is 9.97 Å². The molecule has 0 atom stereocenters. The highest BCUT2D eigenvalue weighted by atomic mass is 32.1. The molecular formula is C18H18N4OS. The Bertz CT molecular complexity index is 934. The van der Waals surface area contributed by atoms with E-state index < -0.39 is 0 Å². The molecule has 0 spiro atoms. The van der Waals surface area contributed by atoms with E-state index in [1.807, 2.05) is 23.1 Å². The van der Waals surface area contributed by atoms with Crippen LogP contribution in [0.5, 0.6) is 0 Å². The second kappa shape index (κ2) is 5.87. The Balaban J connectivity index is 1.55. The maximum absolute atomic E-state index is 12.6. The Morgan fingerprint density at radius 3 is 3.00 bits per heavy atom. The summed E-state index contributed by atoms with van der Waals surface area (Å²) >= 11 is 1.66. The van der Waals surface area contributed by atoms with E-state index in [0.717, 1.165) is 34.7 Å². The van der Waals surface area contributed by atoms with Crippen LogP contribution in [0.15, 0.2) is 30.6 Å². The third kappa shape index (κ3) is 2.43. The molecular weight excluding hydrogens is 320 g/mol. The maximum atomic E-state index is 12.6. The summed E-state index contributed by atoms with van der Waals surface area (Å²) in [5.74, 6) is 0.805. The summed E-state index contributed by atoms with van der Waals surface area (Å²) in [4.78, 5) is 25.3. The molecule has 1 aromatic carbocycles. The second-order valence-electron chi connectivity index (χ2n) is 5.96. The summed E-state index contributed by atoms with van der Waals surface area (Å²) in [5.41, 5.74) is 3.44. The number of anilines is 2. The summed E-state index contributed by atoms with van der Waals surface area (Å²) in [5, 5.41) is 4.24. The number of nitrogens with zero attached hydrogens (tertiary/aromatic N) is 3. The Hall–Kier alpha value is -2.47. The second-order valence-corrected chi connectivity index (χ2v) is 7.17. The fourth-order valence-electron chi connectivity index (χ4n) is 3.17. The first kappa shape index (κ1) is 15.1. The number of aryl methyl sites for hydroxylation is 2. The molecule has 2 aromatic heterocycles. The molecule has 0 unspecified atom stereocenters. The van der Waals surface area contributed by atoms with E-state index in [4.69, 9.17) is 0 Å². The lowest BCUT2D eigenvalue weighted by Crippen LogP contribution is -2.34. The molecule has 0 saturated carbocycles. The van der Waals surface area contributed by atoms with Gasteiger partial charge in [-0.2, -0.15) is 0 Å². The van der Waals surface area contributed by atoms with Crippen LogP contribution >= 0.6 is 11.3 Å². The van der Waals surface area contributed by atoms with Crippen molar-refractivity contribution >= 4 is 39.0 Å². The lowest BCUT2D eigenvalue weighted by atomic mass is 10.2. The SMILES string of the molecule is Cc1sc2ncnc(NCC(=O)N3CCc4ccccc43)c2c1C. The first-order valence-electron chi connectivity index (χ1n) is 7.98. The van der Waals surface area contributed by atoms with Gasteiger partial charge in [-0.1, -0.05) is 18.2 Å². The van der Waals surface area contributed by atoms with Crippen LogP contribution in [0.3, 0.4) is 0 Å². The molecule has 0 fully saturated rings. The fourth-order valence-corrected chi connectivity index (χ4v) is 4.17. The molecule has 1 aliphatic rings. The zero-order chi connectivity index (χ0) is 16.7. The molecule has 3 heterocycles. The molecule has 0 saturated heterocycles.